The number of aromatic nitrogens is 3. The lowest BCUT2D eigenvalue weighted by atomic mass is 10.0. The van der Waals surface area contributed by atoms with Crippen molar-refractivity contribution < 1.29 is 14.5 Å². The number of non-ortho nitro benzene ring substituents is 1. The van der Waals surface area contributed by atoms with E-state index in [0.717, 1.165) is 11.1 Å². The second-order valence-corrected chi connectivity index (χ2v) is 10.1. The molecule has 10 heteroatoms. The molecule has 41 heavy (non-hydrogen) atoms. The van der Waals surface area contributed by atoms with Crippen LogP contribution in [-0.4, -0.2) is 32.7 Å². The summed E-state index contributed by atoms with van der Waals surface area (Å²) in [5.41, 5.74) is 3.13. The maximum atomic E-state index is 13.6. The van der Waals surface area contributed by atoms with Crippen molar-refractivity contribution in [2.75, 3.05) is 7.11 Å². The van der Waals surface area contributed by atoms with Crippen molar-refractivity contribution >= 4 is 23.4 Å². The monoisotopic (exact) mass is 565 g/mol. The van der Waals surface area contributed by atoms with Crippen molar-refractivity contribution in [2.24, 2.45) is 0 Å². The number of methoxy groups -OCH3 is 1. The highest BCUT2D eigenvalue weighted by Gasteiger charge is 2.26. The molecule has 0 aliphatic carbocycles. The molecule has 1 atom stereocenters. The molecule has 1 N–H and O–H groups in total. The molecule has 0 aliphatic heterocycles. The highest BCUT2D eigenvalue weighted by Crippen LogP contribution is 2.30. The Morgan fingerprint density at radius 2 is 1.54 bits per heavy atom. The van der Waals surface area contributed by atoms with Crippen LogP contribution in [-0.2, 0) is 12.2 Å². The Morgan fingerprint density at radius 3 is 2.20 bits per heavy atom. The summed E-state index contributed by atoms with van der Waals surface area (Å²) in [6.45, 7) is 0. The fourth-order valence-electron chi connectivity index (χ4n) is 4.41. The molecule has 0 saturated heterocycles. The van der Waals surface area contributed by atoms with Crippen LogP contribution in [0, 0.1) is 10.1 Å². The van der Waals surface area contributed by atoms with Gasteiger partial charge in [0, 0.05) is 23.6 Å². The number of para-hydroxylation sites is 1. The Bertz CT molecular complexity index is 1630. The minimum atomic E-state index is -0.580. The van der Waals surface area contributed by atoms with Gasteiger partial charge in [-0.2, -0.15) is 0 Å². The molecule has 0 fully saturated rings. The summed E-state index contributed by atoms with van der Waals surface area (Å²) < 4.78 is 7.28. The molecule has 1 amide bonds. The van der Waals surface area contributed by atoms with Crippen LogP contribution >= 0.6 is 11.8 Å². The molecule has 1 unspecified atom stereocenters. The maximum absolute atomic E-state index is 13.6. The van der Waals surface area contributed by atoms with Gasteiger partial charge in [-0.25, -0.2) is 0 Å². The lowest BCUT2D eigenvalue weighted by Crippen LogP contribution is -2.32. The van der Waals surface area contributed by atoms with Crippen molar-refractivity contribution in [3.8, 4) is 11.4 Å². The zero-order chi connectivity index (χ0) is 28.6. The molecule has 0 aliphatic rings. The molecule has 1 heterocycles. The van der Waals surface area contributed by atoms with Gasteiger partial charge in [-0.3, -0.25) is 19.5 Å². The van der Waals surface area contributed by atoms with Crippen LogP contribution in [0.15, 0.2) is 114 Å². The first kappa shape index (κ1) is 27.6. The number of nitro benzene ring substituents is 1. The molecule has 0 bridgehead atoms. The van der Waals surface area contributed by atoms with E-state index in [1.165, 1.54) is 31.0 Å². The van der Waals surface area contributed by atoms with E-state index in [9.17, 15) is 14.9 Å². The predicted molar refractivity (Wildman–Crippen MR) is 157 cm³/mol. The van der Waals surface area contributed by atoms with Gasteiger partial charge in [0.1, 0.15) is 5.75 Å². The smallest absolute Gasteiger partial charge is 0.269 e. The minimum absolute atomic E-state index is 0.0211. The largest absolute Gasteiger partial charge is 0.496 e. The average molecular weight is 566 g/mol. The molecule has 5 aromatic rings. The normalized spacial score (nSPS) is 11.5. The van der Waals surface area contributed by atoms with Crippen LogP contribution in [0.2, 0.25) is 0 Å². The van der Waals surface area contributed by atoms with Crippen molar-refractivity contribution in [1.29, 1.82) is 0 Å². The van der Waals surface area contributed by atoms with Gasteiger partial charge in [-0.1, -0.05) is 84.6 Å². The number of nitro groups is 1. The molecule has 4 aromatic carbocycles. The van der Waals surface area contributed by atoms with Crippen LogP contribution in [0.4, 0.5) is 5.69 Å². The molecule has 9 nitrogen and oxygen atoms in total. The standard InChI is InChI=1S/C31H27N5O4S/c1-40-28-15-9-8-14-26(28)30(37)32-27(20-22-10-4-2-5-11-22)29-33-34-31(41-21-23-12-6-3-7-13-23)35(29)24-16-18-25(19-17-24)36(38)39/h2-19,27H,20-21H2,1H3,(H,32,37). The van der Waals surface area contributed by atoms with Crippen LogP contribution in [0.1, 0.15) is 33.4 Å². The zero-order valence-corrected chi connectivity index (χ0v) is 23.0. The van der Waals surface area contributed by atoms with E-state index in [1.807, 2.05) is 65.2 Å². The first-order chi connectivity index (χ1) is 20.0. The Kier molecular flexibility index (Phi) is 8.70. The number of carbonyl (C=O) groups is 1. The first-order valence-corrected chi connectivity index (χ1v) is 13.9. The SMILES string of the molecule is COc1ccccc1C(=O)NC(Cc1ccccc1)c1nnc(SCc2ccccc2)n1-c1ccc([N+](=O)[O-])cc1. The van der Waals surface area contributed by atoms with Gasteiger partial charge in [0.25, 0.3) is 11.6 Å². The van der Waals surface area contributed by atoms with Crippen molar-refractivity contribution in [3.63, 3.8) is 0 Å². The van der Waals surface area contributed by atoms with E-state index in [0.29, 0.717) is 40.2 Å². The van der Waals surface area contributed by atoms with Gasteiger partial charge in [0.05, 0.1) is 23.6 Å². The van der Waals surface area contributed by atoms with Crippen molar-refractivity contribution in [1.82, 2.24) is 20.1 Å². The third-order valence-electron chi connectivity index (χ3n) is 6.44. The summed E-state index contributed by atoms with van der Waals surface area (Å²) in [6, 6.07) is 32.4. The highest BCUT2D eigenvalue weighted by molar-refractivity contribution is 7.98. The number of thioether (sulfide) groups is 1. The fourth-order valence-corrected chi connectivity index (χ4v) is 5.33. The summed E-state index contributed by atoms with van der Waals surface area (Å²) in [7, 11) is 1.52. The zero-order valence-electron chi connectivity index (χ0n) is 22.2. The third-order valence-corrected chi connectivity index (χ3v) is 7.44. The topological polar surface area (TPSA) is 112 Å². The first-order valence-electron chi connectivity index (χ1n) is 12.9. The van der Waals surface area contributed by atoms with Crippen LogP contribution in [0.25, 0.3) is 5.69 Å². The third kappa shape index (κ3) is 6.62. The number of benzene rings is 4. The van der Waals surface area contributed by atoms with Crippen LogP contribution in [0.3, 0.4) is 0 Å². The van der Waals surface area contributed by atoms with Gasteiger partial charge in [-0.15, -0.1) is 10.2 Å². The van der Waals surface area contributed by atoms with E-state index < -0.39 is 11.0 Å². The fraction of sp³-hybridized carbons (Fsp3) is 0.129. The molecule has 0 radical (unpaired) electrons. The summed E-state index contributed by atoms with van der Waals surface area (Å²) in [6.07, 6.45) is 0.441. The Hall–Kier alpha value is -4.96. The van der Waals surface area contributed by atoms with E-state index >= 15 is 0 Å². The number of nitrogens with one attached hydrogen (secondary N) is 1. The summed E-state index contributed by atoms with van der Waals surface area (Å²) in [5, 5.41) is 24.1. The number of hydrogen-bond donors (Lipinski definition) is 1. The molecule has 1 aromatic heterocycles. The van der Waals surface area contributed by atoms with Crippen LogP contribution in [0.5, 0.6) is 5.75 Å². The summed E-state index contributed by atoms with van der Waals surface area (Å²) in [4.78, 5) is 24.4. The van der Waals surface area contributed by atoms with Gasteiger partial charge in [0.2, 0.25) is 0 Å². The number of amides is 1. The number of carbonyl (C=O) groups excluding carboxylic acids is 1. The molecular formula is C31H27N5O4S. The average Bonchev–Trinajstić information content (AvgIpc) is 3.44. The predicted octanol–water partition coefficient (Wildman–Crippen LogP) is 6.19. The number of nitrogens with zero attached hydrogens (tertiary/aromatic N) is 4. The minimum Gasteiger partial charge on any atom is -0.496 e. The second kappa shape index (κ2) is 12.9. The lowest BCUT2D eigenvalue weighted by molar-refractivity contribution is -0.384. The Morgan fingerprint density at radius 1 is 0.902 bits per heavy atom. The van der Waals surface area contributed by atoms with Crippen molar-refractivity contribution in [2.45, 2.75) is 23.4 Å². The molecule has 206 valence electrons. The number of hydrogen-bond acceptors (Lipinski definition) is 7. The van der Waals surface area contributed by atoms with E-state index in [-0.39, 0.29) is 11.6 Å². The quantitative estimate of drug-likeness (QED) is 0.115. The molecular weight excluding hydrogens is 538 g/mol. The lowest BCUT2D eigenvalue weighted by Gasteiger charge is -2.21. The molecule has 0 saturated carbocycles. The van der Waals surface area contributed by atoms with E-state index in [4.69, 9.17) is 4.74 Å². The highest BCUT2D eigenvalue weighted by atomic mass is 32.2. The maximum Gasteiger partial charge on any atom is 0.269 e. The van der Waals surface area contributed by atoms with Gasteiger partial charge in [-0.05, 0) is 41.8 Å². The Labute approximate surface area is 241 Å². The number of rotatable bonds is 11. The van der Waals surface area contributed by atoms with Gasteiger partial charge < -0.3 is 10.1 Å². The van der Waals surface area contributed by atoms with E-state index in [1.54, 1.807) is 36.4 Å². The molecule has 0 spiro atoms. The van der Waals surface area contributed by atoms with Gasteiger partial charge >= 0.3 is 0 Å². The van der Waals surface area contributed by atoms with Crippen molar-refractivity contribution in [3.05, 3.63) is 142 Å². The summed E-state index contributed by atoms with van der Waals surface area (Å²) >= 11 is 1.49. The van der Waals surface area contributed by atoms with Crippen LogP contribution < -0.4 is 10.1 Å². The summed E-state index contributed by atoms with van der Waals surface area (Å²) in [5.74, 6) is 1.28. The Balaban J connectivity index is 1.56. The van der Waals surface area contributed by atoms with E-state index in [2.05, 4.69) is 15.5 Å². The van der Waals surface area contributed by atoms with Gasteiger partial charge in [0.15, 0.2) is 11.0 Å². The second-order valence-electron chi connectivity index (χ2n) is 9.14. The molecule has 5 rings (SSSR count). The number of ether oxygens (including phenoxy) is 1.